The van der Waals surface area contributed by atoms with Crippen molar-refractivity contribution in [3.05, 3.63) is 54.1 Å². The molecule has 0 spiro atoms. The number of pyridine rings is 1. The molecule has 0 saturated carbocycles. The van der Waals surface area contributed by atoms with E-state index in [1.807, 2.05) is 24.7 Å². The molecule has 0 atom stereocenters. The zero-order chi connectivity index (χ0) is 22.6. The topological polar surface area (TPSA) is 85.0 Å². The van der Waals surface area contributed by atoms with E-state index in [0.29, 0.717) is 17.9 Å². The van der Waals surface area contributed by atoms with Gasteiger partial charge in [-0.1, -0.05) is 12.1 Å². The molecule has 1 N–H and O–H groups in total. The van der Waals surface area contributed by atoms with E-state index in [2.05, 4.69) is 45.0 Å². The van der Waals surface area contributed by atoms with Crippen molar-refractivity contribution >= 4 is 32.4 Å². The lowest BCUT2D eigenvalue weighted by molar-refractivity contribution is 0.598. The lowest BCUT2D eigenvalue weighted by Crippen LogP contribution is -2.14. The standard InChI is InChI=1S/C23H26N6O2S/c1-5-29-15(2)21(13-25-29)32(30,31)26-19-8-10-24-23-22(19)18(14-28(23)4)17-7-6-16-9-11-27(3)20(16)12-17/h6-8,10,12-14H,5,9,11H2,1-4H3,(H,24,26). The minimum Gasteiger partial charge on any atom is -0.374 e. The summed E-state index contributed by atoms with van der Waals surface area (Å²) in [6, 6.07) is 8.16. The molecule has 5 rings (SSSR count). The van der Waals surface area contributed by atoms with Crippen LogP contribution in [0, 0.1) is 6.92 Å². The fraction of sp³-hybridized carbons (Fsp3) is 0.304. The summed E-state index contributed by atoms with van der Waals surface area (Å²) in [5.74, 6) is 0. The first-order valence-corrected chi connectivity index (χ1v) is 12.1. The molecular formula is C23H26N6O2S. The SMILES string of the molecule is CCn1ncc(S(=O)(=O)Nc2ccnc3c2c(-c2ccc4c(c2)N(C)CC4)cn3C)c1C. The lowest BCUT2D eigenvalue weighted by atomic mass is 10.0. The van der Waals surface area contributed by atoms with E-state index in [1.165, 1.54) is 17.4 Å². The highest BCUT2D eigenvalue weighted by Crippen LogP contribution is 2.38. The van der Waals surface area contributed by atoms with Crippen molar-refractivity contribution in [2.75, 3.05) is 23.2 Å². The molecule has 0 radical (unpaired) electrons. The Hall–Kier alpha value is -3.33. The van der Waals surface area contributed by atoms with Crippen molar-refractivity contribution in [3.63, 3.8) is 0 Å². The zero-order valence-electron chi connectivity index (χ0n) is 18.6. The van der Waals surface area contributed by atoms with Gasteiger partial charge in [-0.3, -0.25) is 9.40 Å². The highest BCUT2D eigenvalue weighted by atomic mass is 32.2. The molecular weight excluding hydrogens is 424 g/mol. The van der Waals surface area contributed by atoms with Gasteiger partial charge in [-0.15, -0.1) is 0 Å². The van der Waals surface area contributed by atoms with Crippen LogP contribution in [0.5, 0.6) is 0 Å². The summed E-state index contributed by atoms with van der Waals surface area (Å²) in [6.07, 6.45) is 6.08. The average molecular weight is 451 g/mol. The Morgan fingerprint density at radius 1 is 1.19 bits per heavy atom. The number of nitrogens with zero attached hydrogens (tertiary/aromatic N) is 5. The Morgan fingerprint density at radius 2 is 2.00 bits per heavy atom. The Balaban J connectivity index is 1.64. The van der Waals surface area contributed by atoms with Gasteiger partial charge in [-0.2, -0.15) is 5.10 Å². The maximum Gasteiger partial charge on any atom is 0.265 e. The average Bonchev–Trinajstić information content (AvgIpc) is 3.44. The van der Waals surface area contributed by atoms with Crippen molar-refractivity contribution in [2.45, 2.75) is 31.7 Å². The minimum atomic E-state index is -3.81. The molecule has 4 aromatic rings. The Labute approximate surface area is 187 Å². The van der Waals surface area contributed by atoms with Gasteiger partial charge < -0.3 is 9.47 Å². The predicted molar refractivity (Wildman–Crippen MR) is 127 cm³/mol. The largest absolute Gasteiger partial charge is 0.374 e. The molecule has 0 saturated heterocycles. The minimum absolute atomic E-state index is 0.181. The maximum atomic E-state index is 13.2. The number of hydrogen-bond acceptors (Lipinski definition) is 5. The molecule has 0 fully saturated rings. The van der Waals surface area contributed by atoms with Gasteiger partial charge >= 0.3 is 0 Å². The maximum absolute atomic E-state index is 13.2. The summed E-state index contributed by atoms with van der Waals surface area (Å²) in [6.45, 7) is 5.31. The lowest BCUT2D eigenvalue weighted by Gasteiger charge is -2.14. The molecule has 0 amide bonds. The molecule has 3 aromatic heterocycles. The van der Waals surface area contributed by atoms with Crippen LogP contribution >= 0.6 is 0 Å². The number of anilines is 2. The number of nitrogens with one attached hydrogen (secondary N) is 1. The first-order chi connectivity index (χ1) is 15.3. The van der Waals surface area contributed by atoms with Gasteiger partial charge in [0.15, 0.2) is 0 Å². The molecule has 0 bridgehead atoms. The van der Waals surface area contributed by atoms with E-state index >= 15 is 0 Å². The third kappa shape index (κ3) is 3.15. The number of sulfonamides is 1. The molecule has 1 aliphatic rings. The molecule has 166 valence electrons. The molecule has 1 aromatic carbocycles. The summed E-state index contributed by atoms with van der Waals surface area (Å²) in [5.41, 5.74) is 6.36. The van der Waals surface area contributed by atoms with Gasteiger partial charge in [-0.25, -0.2) is 13.4 Å². The first-order valence-electron chi connectivity index (χ1n) is 10.6. The first kappa shape index (κ1) is 20.6. The smallest absolute Gasteiger partial charge is 0.265 e. The summed E-state index contributed by atoms with van der Waals surface area (Å²) in [4.78, 5) is 6.95. The van der Waals surface area contributed by atoms with Crippen LogP contribution in [0.2, 0.25) is 0 Å². The van der Waals surface area contributed by atoms with Crippen molar-refractivity contribution < 1.29 is 8.42 Å². The Bertz CT molecular complexity index is 1450. The number of aryl methyl sites for hydroxylation is 2. The molecule has 0 aliphatic carbocycles. The van der Waals surface area contributed by atoms with Crippen LogP contribution in [0.15, 0.2) is 47.8 Å². The van der Waals surface area contributed by atoms with Crippen molar-refractivity contribution in [1.29, 1.82) is 0 Å². The summed E-state index contributed by atoms with van der Waals surface area (Å²) in [5, 5.41) is 4.97. The number of hydrogen-bond donors (Lipinski definition) is 1. The number of benzene rings is 1. The van der Waals surface area contributed by atoms with Crippen LogP contribution in [0.4, 0.5) is 11.4 Å². The van der Waals surface area contributed by atoms with E-state index in [1.54, 1.807) is 23.9 Å². The highest BCUT2D eigenvalue weighted by molar-refractivity contribution is 7.92. The quantitative estimate of drug-likeness (QED) is 0.503. The van der Waals surface area contributed by atoms with Crippen LogP contribution in [0.25, 0.3) is 22.2 Å². The number of aromatic nitrogens is 4. The molecule has 32 heavy (non-hydrogen) atoms. The van der Waals surface area contributed by atoms with Crippen LogP contribution in [0.3, 0.4) is 0 Å². The second-order valence-corrected chi connectivity index (χ2v) is 9.89. The Kier molecular flexibility index (Phi) is 4.74. The van der Waals surface area contributed by atoms with Gasteiger partial charge in [0.25, 0.3) is 10.0 Å². The summed E-state index contributed by atoms with van der Waals surface area (Å²) in [7, 11) is 0.207. The third-order valence-corrected chi connectivity index (χ3v) is 7.74. The second-order valence-electron chi connectivity index (χ2n) is 8.24. The normalized spacial score (nSPS) is 13.7. The van der Waals surface area contributed by atoms with Crippen molar-refractivity contribution in [2.24, 2.45) is 7.05 Å². The van der Waals surface area contributed by atoms with E-state index in [0.717, 1.165) is 35.1 Å². The second kappa shape index (κ2) is 7.37. The van der Waals surface area contributed by atoms with Crippen LogP contribution in [0.1, 0.15) is 18.2 Å². The van der Waals surface area contributed by atoms with Crippen LogP contribution in [-0.4, -0.2) is 41.3 Å². The number of fused-ring (bicyclic) bond motifs is 2. The highest BCUT2D eigenvalue weighted by Gasteiger charge is 2.24. The van der Waals surface area contributed by atoms with E-state index < -0.39 is 10.0 Å². The third-order valence-electron chi connectivity index (χ3n) is 6.27. The molecule has 0 unspecified atom stereocenters. The van der Waals surface area contributed by atoms with E-state index in [4.69, 9.17) is 0 Å². The molecule has 4 heterocycles. The molecule has 9 heteroatoms. The number of rotatable bonds is 5. The fourth-order valence-electron chi connectivity index (χ4n) is 4.53. The van der Waals surface area contributed by atoms with Crippen molar-refractivity contribution in [3.8, 4) is 11.1 Å². The van der Waals surface area contributed by atoms with Gasteiger partial charge in [0, 0.05) is 50.8 Å². The van der Waals surface area contributed by atoms with Crippen molar-refractivity contribution in [1.82, 2.24) is 19.3 Å². The Morgan fingerprint density at radius 3 is 2.75 bits per heavy atom. The summed E-state index contributed by atoms with van der Waals surface area (Å²) < 4.78 is 32.9. The monoisotopic (exact) mass is 450 g/mol. The van der Waals surface area contributed by atoms with Crippen LogP contribution in [-0.2, 0) is 30.0 Å². The van der Waals surface area contributed by atoms with Gasteiger partial charge in [0.05, 0.1) is 23.0 Å². The molecule has 1 aliphatic heterocycles. The van der Waals surface area contributed by atoms with E-state index in [-0.39, 0.29) is 4.90 Å². The fourth-order valence-corrected chi connectivity index (χ4v) is 5.78. The molecule has 8 nitrogen and oxygen atoms in total. The van der Waals surface area contributed by atoms with Gasteiger partial charge in [-0.05, 0) is 43.5 Å². The van der Waals surface area contributed by atoms with Crippen LogP contribution < -0.4 is 9.62 Å². The number of likely N-dealkylation sites (N-methyl/N-ethyl adjacent to an activating group) is 1. The zero-order valence-corrected chi connectivity index (χ0v) is 19.4. The van der Waals surface area contributed by atoms with Gasteiger partial charge in [0.1, 0.15) is 10.5 Å². The van der Waals surface area contributed by atoms with E-state index in [9.17, 15) is 8.42 Å². The van der Waals surface area contributed by atoms with Gasteiger partial charge in [0.2, 0.25) is 0 Å². The summed E-state index contributed by atoms with van der Waals surface area (Å²) >= 11 is 0. The predicted octanol–water partition coefficient (Wildman–Crippen LogP) is 3.56.